The molecular formula is C11H22I2N-. The van der Waals surface area contributed by atoms with Crippen molar-refractivity contribution in [1.82, 2.24) is 0 Å². The van der Waals surface area contributed by atoms with Gasteiger partial charge in [0.15, 0.2) is 0 Å². The van der Waals surface area contributed by atoms with Crippen LogP contribution >= 0.6 is 18.6 Å². The first-order valence-electron chi connectivity index (χ1n) is 5.59. The van der Waals surface area contributed by atoms with Crippen molar-refractivity contribution in [3.63, 3.8) is 0 Å². The van der Waals surface area contributed by atoms with Crippen LogP contribution in [-0.4, -0.2) is 10.5 Å². The molecule has 0 aromatic heterocycles. The average Bonchev–Trinajstić information content (AvgIpc) is 2.18. The SMILES string of the molecule is CC[C@H](C)[C@@H]1[C@H](C)[C@H](CC[I-]I)[C@@H]1N. The molecule has 1 aliphatic rings. The normalized spacial score (nSPS) is 39.5. The third-order valence-electron chi connectivity index (χ3n) is 4.04. The molecule has 1 nitrogen and oxygen atoms in total. The van der Waals surface area contributed by atoms with Crippen LogP contribution in [0.4, 0.5) is 0 Å². The Labute approximate surface area is 108 Å². The predicted molar refractivity (Wildman–Crippen MR) is 67.1 cm³/mol. The Balaban J connectivity index is 2.40. The summed E-state index contributed by atoms with van der Waals surface area (Å²) < 4.78 is 1.45. The molecule has 0 radical (unpaired) electrons. The van der Waals surface area contributed by atoms with Crippen molar-refractivity contribution in [3.05, 3.63) is 0 Å². The fourth-order valence-electron chi connectivity index (χ4n) is 2.92. The van der Waals surface area contributed by atoms with Crippen LogP contribution in [0.2, 0.25) is 0 Å². The first-order valence-corrected chi connectivity index (χ1v) is 13.4. The second kappa shape index (κ2) is 6.23. The topological polar surface area (TPSA) is 26.0 Å². The summed E-state index contributed by atoms with van der Waals surface area (Å²) in [5.74, 6) is 3.35. The van der Waals surface area contributed by atoms with Gasteiger partial charge < -0.3 is 0 Å². The maximum atomic E-state index is 6.28. The molecule has 5 atom stereocenters. The quantitative estimate of drug-likeness (QED) is 0.493. The minimum atomic E-state index is 0.443. The Morgan fingerprint density at radius 3 is 2.57 bits per heavy atom. The zero-order chi connectivity index (χ0) is 10.7. The van der Waals surface area contributed by atoms with Gasteiger partial charge in [0, 0.05) is 0 Å². The number of halogens is 2. The average molecular weight is 422 g/mol. The third-order valence-corrected chi connectivity index (χ3v) is 7.80. The van der Waals surface area contributed by atoms with Crippen LogP contribution in [0.1, 0.15) is 33.6 Å². The van der Waals surface area contributed by atoms with Gasteiger partial charge in [-0.15, -0.1) is 0 Å². The van der Waals surface area contributed by atoms with E-state index in [1.54, 1.807) is 0 Å². The molecule has 2 N–H and O–H groups in total. The van der Waals surface area contributed by atoms with Gasteiger partial charge in [0.2, 0.25) is 0 Å². The van der Waals surface area contributed by atoms with Crippen LogP contribution in [0, 0.1) is 23.7 Å². The second-order valence-electron chi connectivity index (χ2n) is 4.64. The van der Waals surface area contributed by atoms with Gasteiger partial charge in [-0.25, -0.2) is 0 Å². The number of hydrogen-bond donors (Lipinski definition) is 1. The van der Waals surface area contributed by atoms with E-state index in [-0.39, 0.29) is 0 Å². The molecule has 0 aromatic carbocycles. The molecule has 0 aliphatic heterocycles. The van der Waals surface area contributed by atoms with Crippen molar-refractivity contribution >= 4 is 18.6 Å². The minimum absolute atomic E-state index is 0.443. The summed E-state index contributed by atoms with van der Waals surface area (Å²) in [5.41, 5.74) is 6.28. The molecular weight excluding hydrogens is 400 g/mol. The van der Waals surface area contributed by atoms with Crippen LogP contribution in [0.15, 0.2) is 0 Å². The van der Waals surface area contributed by atoms with E-state index in [9.17, 15) is 0 Å². The Hall–Kier alpha value is 1.42. The van der Waals surface area contributed by atoms with Crippen molar-refractivity contribution in [2.24, 2.45) is 29.4 Å². The van der Waals surface area contributed by atoms with Crippen LogP contribution in [0.25, 0.3) is 0 Å². The zero-order valence-electron chi connectivity index (χ0n) is 9.34. The zero-order valence-corrected chi connectivity index (χ0v) is 13.7. The van der Waals surface area contributed by atoms with Gasteiger partial charge in [-0.05, 0) is 0 Å². The first kappa shape index (κ1) is 13.5. The molecule has 1 rings (SSSR count). The molecule has 1 aliphatic carbocycles. The number of hydrogen-bond acceptors (Lipinski definition) is 1. The van der Waals surface area contributed by atoms with Gasteiger partial charge in [0.1, 0.15) is 0 Å². The van der Waals surface area contributed by atoms with E-state index >= 15 is 0 Å². The summed E-state index contributed by atoms with van der Waals surface area (Å²) in [6.07, 6.45) is 2.68. The van der Waals surface area contributed by atoms with E-state index in [4.69, 9.17) is 5.73 Å². The summed E-state index contributed by atoms with van der Waals surface area (Å²) in [4.78, 5) is 0. The van der Waals surface area contributed by atoms with Crippen molar-refractivity contribution in [3.8, 4) is 0 Å². The molecule has 0 heterocycles. The molecule has 0 amide bonds. The first-order chi connectivity index (χ1) is 6.63. The Morgan fingerprint density at radius 2 is 2.14 bits per heavy atom. The molecule has 0 spiro atoms. The fraction of sp³-hybridized carbons (Fsp3) is 1.00. The second-order valence-corrected chi connectivity index (χ2v) is 10.2. The molecule has 0 unspecified atom stereocenters. The predicted octanol–water partition coefficient (Wildman–Crippen LogP) is 0.0710. The van der Waals surface area contributed by atoms with E-state index in [0.29, 0.717) is 23.3 Å². The molecule has 1 saturated carbocycles. The van der Waals surface area contributed by atoms with Crippen molar-refractivity contribution < 1.29 is 17.2 Å². The molecule has 0 aromatic rings. The van der Waals surface area contributed by atoms with Gasteiger partial charge in [-0.1, -0.05) is 0 Å². The van der Waals surface area contributed by atoms with Gasteiger partial charge in [-0.2, -0.15) is 0 Å². The van der Waals surface area contributed by atoms with E-state index < -0.39 is 0 Å². The third kappa shape index (κ3) is 2.75. The van der Waals surface area contributed by atoms with Crippen molar-refractivity contribution in [1.29, 1.82) is 0 Å². The van der Waals surface area contributed by atoms with Gasteiger partial charge in [-0.3, -0.25) is 0 Å². The summed E-state index contributed by atoms with van der Waals surface area (Å²) in [7, 11) is 0. The van der Waals surface area contributed by atoms with Gasteiger partial charge >= 0.3 is 109 Å². The molecule has 0 saturated heterocycles. The molecule has 0 bridgehead atoms. The summed E-state index contributed by atoms with van der Waals surface area (Å²) >= 11 is 3.01. The summed E-state index contributed by atoms with van der Waals surface area (Å²) in [6.45, 7) is 7.06. The van der Waals surface area contributed by atoms with Crippen LogP contribution in [-0.2, 0) is 0 Å². The van der Waals surface area contributed by atoms with Crippen LogP contribution < -0.4 is 23.0 Å². The molecule has 3 heteroatoms. The van der Waals surface area contributed by atoms with Crippen molar-refractivity contribution in [2.75, 3.05) is 4.43 Å². The summed E-state index contributed by atoms with van der Waals surface area (Å²) in [5, 5.41) is 0. The van der Waals surface area contributed by atoms with E-state index in [1.807, 2.05) is 0 Å². The Morgan fingerprint density at radius 1 is 1.50 bits per heavy atom. The number of rotatable bonds is 5. The van der Waals surface area contributed by atoms with E-state index in [1.165, 1.54) is 17.3 Å². The molecule has 1 fully saturated rings. The fourth-order valence-corrected chi connectivity index (χ4v) is 5.45. The Kier molecular flexibility index (Phi) is 6.00. The van der Waals surface area contributed by atoms with Crippen LogP contribution in [0.5, 0.6) is 0 Å². The standard InChI is InChI=1S/C11H22I2N/c1-4-7(2)10-8(3)9(11(10)14)5-6-13-12/h7-11H,4-6,14H2,1-3H3/q-1/t7-,8+,9-,10+,11-/m0/s1. The Bertz CT molecular complexity index is 165. The monoisotopic (exact) mass is 422 g/mol. The van der Waals surface area contributed by atoms with Gasteiger partial charge in [0.05, 0.1) is 0 Å². The van der Waals surface area contributed by atoms with E-state index in [0.717, 1.165) is 23.7 Å². The van der Waals surface area contributed by atoms with Gasteiger partial charge in [0.25, 0.3) is 0 Å². The maximum absolute atomic E-state index is 6.28. The molecule has 14 heavy (non-hydrogen) atoms. The van der Waals surface area contributed by atoms with Crippen molar-refractivity contribution in [2.45, 2.75) is 39.7 Å². The van der Waals surface area contributed by atoms with Crippen LogP contribution in [0.3, 0.4) is 0 Å². The van der Waals surface area contributed by atoms with E-state index in [2.05, 4.69) is 39.4 Å². The number of nitrogens with two attached hydrogens (primary N) is 1. The molecule has 86 valence electrons. The number of alkyl halides is 1. The summed E-state index contributed by atoms with van der Waals surface area (Å²) in [6, 6.07) is 0.506.